The van der Waals surface area contributed by atoms with E-state index in [0.29, 0.717) is 6.54 Å². The third-order valence-corrected chi connectivity index (χ3v) is 2.52. The van der Waals surface area contributed by atoms with E-state index in [9.17, 15) is 4.79 Å². The Morgan fingerprint density at radius 1 is 1.60 bits per heavy atom. The van der Waals surface area contributed by atoms with E-state index < -0.39 is 0 Å². The van der Waals surface area contributed by atoms with Crippen LogP contribution in [0.25, 0.3) is 0 Å². The number of nitrogens with one attached hydrogen (secondary N) is 2. The minimum atomic E-state index is -0.125. The predicted molar refractivity (Wildman–Crippen MR) is 60.4 cm³/mol. The van der Waals surface area contributed by atoms with Crippen LogP contribution in [0.3, 0.4) is 0 Å². The van der Waals surface area contributed by atoms with Crippen molar-refractivity contribution in [2.45, 2.75) is 19.4 Å². The number of carbonyl (C=O) groups excluding carboxylic acids is 1. The molecule has 2 N–H and O–H groups in total. The summed E-state index contributed by atoms with van der Waals surface area (Å²) < 4.78 is 0. The second kappa shape index (κ2) is 6.44. The third kappa shape index (κ3) is 4.32. The summed E-state index contributed by atoms with van der Waals surface area (Å²) in [5, 5.41) is 6.07. The molecule has 4 heteroatoms. The van der Waals surface area contributed by atoms with Crippen molar-refractivity contribution in [3.05, 3.63) is 0 Å². The molecule has 1 rings (SSSR count). The first-order chi connectivity index (χ1) is 7.26. The molecule has 0 aromatic carbocycles. The van der Waals surface area contributed by atoms with E-state index in [1.54, 1.807) is 0 Å². The van der Waals surface area contributed by atoms with Gasteiger partial charge in [0.2, 0.25) is 5.91 Å². The number of piperazine rings is 1. The lowest BCUT2D eigenvalue weighted by Gasteiger charge is -2.26. The Morgan fingerprint density at radius 2 is 2.27 bits per heavy atom. The number of amides is 1. The first kappa shape index (κ1) is 12.0. The standard InChI is InChI=1S/C11H19N3O/c1-3-10(4-2)13-11(15)9-14-7-5-12-6-8-14/h1,10,12H,4-9H2,2H3,(H,13,15). The molecule has 0 aromatic heterocycles. The smallest absolute Gasteiger partial charge is 0.235 e. The number of terminal acetylenes is 1. The highest BCUT2D eigenvalue weighted by atomic mass is 16.2. The zero-order valence-corrected chi connectivity index (χ0v) is 9.25. The largest absolute Gasteiger partial charge is 0.341 e. The fourth-order valence-electron chi connectivity index (χ4n) is 1.57. The van der Waals surface area contributed by atoms with Crippen LogP contribution >= 0.6 is 0 Å². The van der Waals surface area contributed by atoms with E-state index in [0.717, 1.165) is 32.6 Å². The maximum absolute atomic E-state index is 11.6. The number of carbonyl (C=O) groups is 1. The Morgan fingerprint density at radius 3 is 2.80 bits per heavy atom. The van der Waals surface area contributed by atoms with Crippen LogP contribution in [0, 0.1) is 12.3 Å². The minimum absolute atomic E-state index is 0.0294. The molecular weight excluding hydrogens is 190 g/mol. The SMILES string of the molecule is C#CC(CC)NC(=O)CN1CCNCC1. The van der Waals surface area contributed by atoms with E-state index in [-0.39, 0.29) is 11.9 Å². The molecule has 1 aliphatic rings. The van der Waals surface area contributed by atoms with Crippen LogP contribution in [0.4, 0.5) is 0 Å². The number of hydrogen-bond acceptors (Lipinski definition) is 3. The molecule has 15 heavy (non-hydrogen) atoms. The van der Waals surface area contributed by atoms with Crippen molar-refractivity contribution < 1.29 is 4.79 Å². The molecule has 0 bridgehead atoms. The topological polar surface area (TPSA) is 44.4 Å². The fourth-order valence-corrected chi connectivity index (χ4v) is 1.57. The van der Waals surface area contributed by atoms with Crippen molar-refractivity contribution in [3.8, 4) is 12.3 Å². The van der Waals surface area contributed by atoms with Crippen LogP contribution < -0.4 is 10.6 Å². The number of rotatable bonds is 4. The van der Waals surface area contributed by atoms with Crippen LogP contribution in [0.5, 0.6) is 0 Å². The van der Waals surface area contributed by atoms with Crippen LogP contribution in [0.1, 0.15) is 13.3 Å². The molecule has 1 unspecified atom stereocenters. The first-order valence-electron chi connectivity index (χ1n) is 5.44. The molecule has 1 aliphatic heterocycles. The van der Waals surface area contributed by atoms with Crippen LogP contribution in [0.2, 0.25) is 0 Å². The second-order valence-electron chi connectivity index (χ2n) is 3.72. The Bertz CT molecular complexity index is 241. The van der Waals surface area contributed by atoms with Gasteiger partial charge in [0.25, 0.3) is 0 Å². The Balaban J connectivity index is 2.25. The van der Waals surface area contributed by atoms with E-state index in [1.807, 2.05) is 6.92 Å². The molecule has 1 heterocycles. The van der Waals surface area contributed by atoms with Gasteiger partial charge in [-0.15, -0.1) is 6.42 Å². The predicted octanol–water partition coefficient (Wildman–Crippen LogP) is -0.580. The quantitative estimate of drug-likeness (QED) is 0.609. The van der Waals surface area contributed by atoms with Crippen molar-refractivity contribution in [3.63, 3.8) is 0 Å². The Labute approximate surface area is 91.4 Å². The summed E-state index contributed by atoms with van der Waals surface area (Å²) in [4.78, 5) is 13.7. The van der Waals surface area contributed by atoms with Crippen molar-refractivity contribution in [2.75, 3.05) is 32.7 Å². The van der Waals surface area contributed by atoms with Gasteiger partial charge in [-0.3, -0.25) is 9.69 Å². The maximum Gasteiger partial charge on any atom is 0.235 e. The van der Waals surface area contributed by atoms with Crippen molar-refractivity contribution >= 4 is 5.91 Å². The lowest BCUT2D eigenvalue weighted by atomic mass is 10.2. The Kier molecular flexibility index (Phi) is 5.16. The van der Waals surface area contributed by atoms with Crippen molar-refractivity contribution in [1.29, 1.82) is 0 Å². The monoisotopic (exact) mass is 209 g/mol. The van der Waals surface area contributed by atoms with Gasteiger partial charge in [0.05, 0.1) is 12.6 Å². The zero-order chi connectivity index (χ0) is 11.1. The van der Waals surface area contributed by atoms with Gasteiger partial charge in [0.1, 0.15) is 0 Å². The second-order valence-corrected chi connectivity index (χ2v) is 3.72. The lowest BCUT2D eigenvalue weighted by molar-refractivity contribution is -0.122. The summed E-state index contributed by atoms with van der Waals surface area (Å²) in [6, 6.07) is -0.125. The zero-order valence-electron chi connectivity index (χ0n) is 9.25. The van der Waals surface area contributed by atoms with Gasteiger partial charge in [-0.2, -0.15) is 0 Å². The van der Waals surface area contributed by atoms with Gasteiger partial charge >= 0.3 is 0 Å². The van der Waals surface area contributed by atoms with E-state index in [4.69, 9.17) is 6.42 Å². The normalized spacial score (nSPS) is 19.2. The highest BCUT2D eigenvalue weighted by Gasteiger charge is 2.14. The van der Waals surface area contributed by atoms with E-state index in [1.165, 1.54) is 0 Å². The van der Waals surface area contributed by atoms with Gasteiger partial charge in [0.15, 0.2) is 0 Å². The molecule has 1 amide bonds. The van der Waals surface area contributed by atoms with Gasteiger partial charge in [-0.25, -0.2) is 0 Å². The molecule has 0 aromatic rings. The summed E-state index contributed by atoms with van der Waals surface area (Å²) in [5.41, 5.74) is 0. The van der Waals surface area contributed by atoms with Crippen molar-refractivity contribution in [1.82, 2.24) is 15.5 Å². The average molecular weight is 209 g/mol. The molecule has 1 fully saturated rings. The summed E-state index contributed by atoms with van der Waals surface area (Å²) in [6.45, 7) is 6.20. The maximum atomic E-state index is 11.6. The summed E-state index contributed by atoms with van der Waals surface area (Å²) >= 11 is 0. The molecular formula is C11H19N3O. The molecule has 84 valence electrons. The lowest BCUT2D eigenvalue weighted by Crippen LogP contribution is -2.48. The van der Waals surface area contributed by atoms with Gasteiger partial charge in [0, 0.05) is 26.2 Å². The fraction of sp³-hybridized carbons (Fsp3) is 0.727. The minimum Gasteiger partial charge on any atom is -0.341 e. The number of nitrogens with zero attached hydrogens (tertiary/aromatic N) is 1. The molecule has 4 nitrogen and oxygen atoms in total. The summed E-state index contributed by atoms with van der Waals surface area (Å²) in [7, 11) is 0. The third-order valence-electron chi connectivity index (χ3n) is 2.52. The van der Waals surface area contributed by atoms with Crippen LogP contribution in [-0.4, -0.2) is 49.6 Å². The highest BCUT2D eigenvalue weighted by molar-refractivity contribution is 5.78. The van der Waals surface area contributed by atoms with Crippen LogP contribution in [-0.2, 0) is 4.79 Å². The highest BCUT2D eigenvalue weighted by Crippen LogP contribution is 1.93. The average Bonchev–Trinajstić information content (AvgIpc) is 2.27. The van der Waals surface area contributed by atoms with E-state index >= 15 is 0 Å². The van der Waals surface area contributed by atoms with Crippen molar-refractivity contribution in [2.24, 2.45) is 0 Å². The van der Waals surface area contributed by atoms with E-state index in [2.05, 4.69) is 21.5 Å². The molecule has 0 spiro atoms. The summed E-state index contributed by atoms with van der Waals surface area (Å²) in [5.74, 6) is 2.59. The van der Waals surface area contributed by atoms with Gasteiger partial charge in [-0.1, -0.05) is 12.8 Å². The molecule has 0 radical (unpaired) electrons. The molecule has 0 saturated carbocycles. The Hall–Kier alpha value is -1.05. The molecule has 1 saturated heterocycles. The first-order valence-corrected chi connectivity index (χ1v) is 5.44. The van der Waals surface area contributed by atoms with Crippen LogP contribution in [0.15, 0.2) is 0 Å². The molecule has 0 aliphatic carbocycles. The molecule has 1 atom stereocenters. The van der Waals surface area contributed by atoms with Gasteiger partial charge in [-0.05, 0) is 6.42 Å². The number of hydrogen-bond donors (Lipinski definition) is 2. The summed E-state index contributed by atoms with van der Waals surface area (Å²) in [6.07, 6.45) is 6.06. The van der Waals surface area contributed by atoms with Gasteiger partial charge < -0.3 is 10.6 Å².